The lowest BCUT2D eigenvalue weighted by atomic mass is 10.3. The average molecular weight is 258 g/mol. The molecule has 0 aliphatic heterocycles. The number of pyridine rings is 1. The molecule has 1 rings (SSSR count). The van der Waals surface area contributed by atoms with E-state index in [1.54, 1.807) is 13.0 Å². The Bertz CT molecular complexity index is 408. The number of nitrogens with two attached hydrogens (primary N) is 2. The molecule has 5 nitrogen and oxygen atoms in total. The number of amides is 2. The highest BCUT2D eigenvalue weighted by atomic mass is 35.5. The minimum absolute atomic E-state index is 0.211. The molecular formula is C11H16ClN3O2. The number of hydrogen-bond donors (Lipinski definition) is 2. The summed E-state index contributed by atoms with van der Waals surface area (Å²) in [4.78, 5) is 24.3. The second-order valence-electron chi connectivity index (χ2n) is 3.34. The van der Waals surface area contributed by atoms with E-state index >= 15 is 0 Å². The van der Waals surface area contributed by atoms with Crippen molar-refractivity contribution >= 4 is 23.4 Å². The lowest BCUT2D eigenvalue weighted by molar-refractivity contribution is -0.118. The largest absolute Gasteiger partial charge is 0.370 e. The van der Waals surface area contributed by atoms with Crippen molar-refractivity contribution in [3.05, 3.63) is 28.5 Å². The number of hydrogen-bond acceptors (Lipinski definition) is 3. The summed E-state index contributed by atoms with van der Waals surface area (Å²) in [6.45, 7) is 3.64. The lowest BCUT2D eigenvalue weighted by Gasteiger charge is -1.97. The smallest absolute Gasteiger partial charge is 0.267 e. The molecule has 4 N–H and O–H groups in total. The first-order valence-corrected chi connectivity index (χ1v) is 5.47. The molecule has 17 heavy (non-hydrogen) atoms. The van der Waals surface area contributed by atoms with Gasteiger partial charge in [-0.15, -0.1) is 0 Å². The van der Waals surface area contributed by atoms with E-state index < -0.39 is 5.91 Å². The molecule has 0 bridgehead atoms. The van der Waals surface area contributed by atoms with Gasteiger partial charge in [0.2, 0.25) is 5.91 Å². The number of aromatic nitrogens is 1. The third kappa shape index (κ3) is 6.52. The van der Waals surface area contributed by atoms with Crippen molar-refractivity contribution in [1.82, 2.24) is 4.98 Å². The van der Waals surface area contributed by atoms with E-state index in [1.807, 2.05) is 6.92 Å². The van der Waals surface area contributed by atoms with Crippen LogP contribution < -0.4 is 11.5 Å². The molecule has 1 aromatic heterocycles. The zero-order valence-electron chi connectivity index (χ0n) is 9.87. The number of aryl methyl sites for hydroxylation is 1. The maximum atomic E-state index is 10.6. The molecule has 1 heterocycles. The van der Waals surface area contributed by atoms with E-state index in [0.717, 1.165) is 6.42 Å². The van der Waals surface area contributed by atoms with Crippen LogP contribution in [0.3, 0.4) is 0 Å². The molecule has 0 aliphatic rings. The monoisotopic (exact) mass is 257 g/mol. The Morgan fingerprint density at radius 1 is 1.35 bits per heavy atom. The molecule has 94 valence electrons. The zero-order valence-corrected chi connectivity index (χ0v) is 10.6. The van der Waals surface area contributed by atoms with E-state index in [1.165, 1.54) is 6.07 Å². The number of primary amides is 2. The fourth-order valence-corrected chi connectivity index (χ4v) is 1.03. The van der Waals surface area contributed by atoms with Gasteiger partial charge in [0.1, 0.15) is 5.69 Å². The molecule has 0 spiro atoms. The molecule has 0 saturated heterocycles. The average Bonchev–Trinajstić information content (AvgIpc) is 2.22. The molecule has 2 amide bonds. The summed E-state index contributed by atoms with van der Waals surface area (Å²) in [6, 6.07) is 3.10. The highest BCUT2D eigenvalue weighted by Crippen LogP contribution is 2.11. The van der Waals surface area contributed by atoms with Crippen LogP contribution in [-0.2, 0) is 4.79 Å². The first-order chi connectivity index (χ1) is 7.88. The van der Waals surface area contributed by atoms with E-state index in [9.17, 15) is 9.59 Å². The van der Waals surface area contributed by atoms with Crippen molar-refractivity contribution in [2.45, 2.75) is 26.7 Å². The molecule has 0 radical (unpaired) electrons. The number of carbonyl (C=O) groups excluding carboxylic acids is 2. The van der Waals surface area contributed by atoms with Crippen molar-refractivity contribution in [3.8, 4) is 0 Å². The Hall–Kier alpha value is -1.62. The molecule has 6 heteroatoms. The van der Waals surface area contributed by atoms with Crippen molar-refractivity contribution in [3.63, 3.8) is 0 Å². The molecule has 0 aromatic carbocycles. The van der Waals surface area contributed by atoms with Gasteiger partial charge in [-0.25, -0.2) is 4.98 Å². The normalized spacial score (nSPS) is 9.12. The van der Waals surface area contributed by atoms with E-state index in [4.69, 9.17) is 23.1 Å². The maximum absolute atomic E-state index is 10.6. The van der Waals surface area contributed by atoms with Crippen LogP contribution >= 0.6 is 11.6 Å². The second kappa shape index (κ2) is 7.62. The third-order valence-electron chi connectivity index (χ3n) is 1.77. The van der Waals surface area contributed by atoms with Crippen molar-refractivity contribution in [2.75, 3.05) is 0 Å². The van der Waals surface area contributed by atoms with Crippen LogP contribution in [0.4, 0.5) is 0 Å². The molecular weight excluding hydrogens is 242 g/mol. The summed E-state index contributed by atoms with van der Waals surface area (Å²) in [6.07, 6.45) is 1.37. The quantitative estimate of drug-likeness (QED) is 0.856. The number of nitrogens with zero attached hydrogens (tertiary/aromatic N) is 1. The van der Waals surface area contributed by atoms with Gasteiger partial charge in [0.05, 0.1) is 10.7 Å². The summed E-state index contributed by atoms with van der Waals surface area (Å²) in [5.41, 5.74) is 10.6. The highest BCUT2D eigenvalue weighted by Gasteiger charge is 2.03. The second-order valence-corrected chi connectivity index (χ2v) is 3.75. The SMILES string of the molecule is CCCC(N)=O.Cc1nc(C(N)=O)ccc1Cl. The Kier molecular flexibility index (Phi) is 6.89. The van der Waals surface area contributed by atoms with Gasteiger partial charge in [0, 0.05) is 6.42 Å². The summed E-state index contributed by atoms with van der Waals surface area (Å²) in [5, 5.41) is 0.537. The van der Waals surface area contributed by atoms with Crippen LogP contribution in [0.15, 0.2) is 12.1 Å². The first kappa shape index (κ1) is 15.4. The van der Waals surface area contributed by atoms with Crippen molar-refractivity contribution in [2.24, 2.45) is 11.5 Å². The van der Waals surface area contributed by atoms with Gasteiger partial charge in [-0.2, -0.15) is 0 Å². The Morgan fingerprint density at radius 2 is 1.94 bits per heavy atom. The fraction of sp³-hybridized carbons (Fsp3) is 0.364. The van der Waals surface area contributed by atoms with Crippen LogP contribution in [-0.4, -0.2) is 16.8 Å². The Balaban J connectivity index is 0.000000366. The first-order valence-electron chi connectivity index (χ1n) is 5.09. The fourth-order valence-electron chi connectivity index (χ4n) is 0.928. The van der Waals surface area contributed by atoms with Crippen LogP contribution in [0, 0.1) is 6.92 Å². The molecule has 0 atom stereocenters. The van der Waals surface area contributed by atoms with Gasteiger partial charge in [-0.1, -0.05) is 18.5 Å². The van der Waals surface area contributed by atoms with Crippen LogP contribution in [0.2, 0.25) is 5.02 Å². The van der Waals surface area contributed by atoms with Crippen LogP contribution in [0.25, 0.3) is 0 Å². The number of halogens is 1. The molecule has 1 aromatic rings. The third-order valence-corrected chi connectivity index (χ3v) is 2.17. The van der Waals surface area contributed by atoms with Gasteiger partial charge < -0.3 is 11.5 Å². The predicted octanol–water partition coefficient (Wildman–Crippen LogP) is 1.41. The van der Waals surface area contributed by atoms with E-state index in [-0.39, 0.29) is 11.6 Å². The minimum atomic E-state index is -0.537. The topological polar surface area (TPSA) is 99.1 Å². The number of rotatable bonds is 3. The highest BCUT2D eigenvalue weighted by molar-refractivity contribution is 6.31. The standard InChI is InChI=1S/C7H7ClN2O.C4H9NO/c1-4-5(8)2-3-6(10-4)7(9)11;1-2-3-4(5)6/h2-3H,1H3,(H2,9,11);2-3H2,1H3,(H2,5,6). The van der Waals surface area contributed by atoms with E-state index in [0.29, 0.717) is 17.1 Å². The molecule has 0 fully saturated rings. The molecule has 0 unspecified atom stereocenters. The van der Waals surface area contributed by atoms with Crippen LogP contribution in [0.5, 0.6) is 0 Å². The van der Waals surface area contributed by atoms with Gasteiger partial charge in [-0.05, 0) is 25.5 Å². The summed E-state index contributed by atoms with van der Waals surface area (Å²) >= 11 is 5.67. The van der Waals surface area contributed by atoms with Gasteiger partial charge in [-0.3, -0.25) is 9.59 Å². The summed E-state index contributed by atoms with van der Waals surface area (Å²) in [7, 11) is 0. The van der Waals surface area contributed by atoms with Crippen molar-refractivity contribution < 1.29 is 9.59 Å². The molecule has 0 saturated carbocycles. The maximum Gasteiger partial charge on any atom is 0.267 e. The van der Waals surface area contributed by atoms with Crippen molar-refractivity contribution in [1.29, 1.82) is 0 Å². The Morgan fingerprint density at radius 3 is 2.24 bits per heavy atom. The van der Waals surface area contributed by atoms with Gasteiger partial charge in [0.15, 0.2) is 0 Å². The van der Waals surface area contributed by atoms with Gasteiger partial charge in [0.25, 0.3) is 5.91 Å². The van der Waals surface area contributed by atoms with Crippen LogP contribution in [0.1, 0.15) is 35.9 Å². The zero-order chi connectivity index (χ0) is 13.4. The number of carbonyl (C=O) groups is 2. The predicted molar refractivity (Wildman–Crippen MR) is 66.6 cm³/mol. The van der Waals surface area contributed by atoms with Gasteiger partial charge >= 0.3 is 0 Å². The Labute approximate surface area is 105 Å². The summed E-state index contributed by atoms with van der Waals surface area (Å²) < 4.78 is 0. The molecule has 0 aliphatic carbocycles. The lowest BCUT2D eigenvalue weighted by Crippen LogP contribution is -2.13. The van der Waals surface area contributed by atoms with E-state index in [2.05, 4.69) is 4.98 Å². The minimum Gasteiger partial charge on any atom is -0.370 e. The summed E-state index contributed by atoms with van der Waals surface area (Å²) in [5.74, 6) is -0.748.